The van der Waals surface area contributed by atoms with Crippen molar-refractivity contribution in [2.24, 2.45) is 13.0 Å². The largest absolute Gasteiger partial charge is 0.444 e. The Morgan fingerprint density at radius 1 is 1.35 bits per heavy atom. The lowest BCUT2D eigenvalue weighted by atomic mass is 9.90. The van der Waals surface area contributed by atoms with E-state index in [0.29, 0.717) is 19.0 Å². The summed E-state index contributed by atoms with van der Waals surface area (Å²) in [5.41, 5.74) is 0.133. The van der Waals surface area contributed by atoms with Gasteiger partial charge in [-0.3, -0.25) is 4.68 Å². The quantitative estimate of drug-likeness (QED) is 0.803. The van der Waals surface area contributed by atoms with E-state index in [1.165, 1.54) is 0 Å². The zero-order valence-electron chi connectivity index (χ0n) is 15.4. The van der Waals surface area contributed by atoms with Crippen LogP contribution in [0, 0.1) is 5.92 Å². The first kappa shape index (κ1) is 19.4. The third kappa shape index (κ3) is 7.97. The van der Waals surface area contributed by atoms with E-state index in [1.54, 1.807) is 4.68 Å². The second-order valence-electron chi connectivity index (χ2n) is 7.75. The van der Waals surface area contributed by atoms with Crippen molar-refractivity contribution < 1.29 is 9.53 Å². The lowest BCUT2D eigenvalue weighted by Crippen LogP contribution is -2.52. The van der Waals surface area contributed by atoms with Gasteiger partial charge in [-0.15, -0.1) is 5.10 Å². The molecular formula is C16H31N5O2. The van der Waals surface area contributed by atoms with Crippen molar-refractivity contribution in [1.29, 1.82) is 0 Å². The maximum absolute atomic E-state index is 11.9. The molecule has 1 rings (SSSR count). The summed E-state index contributed by atoms with van der Waals surface area (Å²) in [5, 5.41) is 14.4. The molecule has 7 nitrogen and oxygen atoms in total. The molecule has 0 aliphatic rings. The number of ether oxygens (including phenoxy) is 1. The van der Waals surface area contributed by atoms with Gasteiger partial charge in [0.25, 0.3) is 0 Å². The minimum atomic E-state index is -0.494. The van der Waals surface area contributed by atoms with Crippen LogP contribution in [0.2, 0.25) is 0 Å². The van der Waals surface area contributed by atoms with Crippen LogP contribution in [0.25, 0.3) is 0 Å². The van der Waals surface area contributed by atoms with Gasteiger partial charge in [-0.2, -0.15) is 0 Å². The smallest absolute Gasteiger partial charge is 0.407 e. The van der Waals surface area contributed by atoms with E-state index in [1.807, 2.05) is 34.0 Å². The van der Waals surface area contributed by atoms with Gasteiger partial charge >= 0.3 is 6.09 Å². The molecular weight excluding hydrogens is 294 g/mol. The molecule has 1 heterocycles. The van der Waals surface area contributed by atoms with Crippen LogP contribution >= 0.6 is 0 Å². The van der Waals surface area contributed by atoms with Gasteiger partial charge < -0.3 is 15.4 Å². The fraction of sp³-hybridized carbons (Fsp3) is 0.812. The third-order valence-electron chi connectivity index (χ3n) is 3.23. The Morgan fingerprint density at radius 2 is 2.00 bits per heavy atom. The van der Waals surface area contributed by atoms with E-state index in [9.17, 15) is 4.79 Å². The third-order valence-corrected chi connectivity index (χ3v) is 3.23. The number of carbonyl (C=O) groups excluding carboxylic acids is 1. The Hall–Kier alpha value is -1.63. The lowest BCUT2D eigenvalue weighted by molar-refractivity contribution is 0.0507. The van der Waals surface area contributed by atoms with Crippen molar-refractivity contribution in [2.75, 3.05) is 6.54 Å². The number of hydrogen-bond donors (Lipinski definition) is 2. The Labute approximate surface area is 139 Å². The van der Waals surface area contributed by atoms with E-state index >= 15 is 0 Å². The molecule has 2 N–H and O–H groups in total. The van der Waals surface area contributed by atoms with E-state index in [0.717, 1.165) is 12.1 Å². The van der Waals surface area contributed by atoms with Gasteiger partial charge in [-0.05, 0) is 40.0 Å². The standard InChI is InChI=1S/C16H31N5O2/c1-12(2)8-16(6,11-17-14(22)23-15(3,4)5)18-9-13-10-21(7)20-19-13/h10,12,18H,8-9,11H2,1-7H3,(H,17,22). The normalized spacial score (nSPS) is 14.6. The summed E-state index contributed by atoms with van der Waals surface area (Å²) in [5.74, 6) is 0.495. The number of alkyl carbamates (subject to hydrolysis) is 1. The Morgan fingerprint density at radius 3 is 2.48 bits per heavy atom. The van der Waals surface area contributed by atoms with E-state index in [2.05, 4.69) is 41.7 Å². The molecule has 0 fully saturated rings. The SMILES string of the molecule is CC(C)CC(C)(CNC(=O)OC(C)(C)C)NCc1cn(C)nn1. The van der Waals surface area contributed by atoms with Gasteiger partial charge in [-0.25, -0.2) is 4.79 Å². The number of carbonyl (C=O) groups is 1. The lowest BCUT2D eigenvalue weighted by Gasteiger charge is -2.33. The van der Waals surface area contributed by atoms with Crippen molar-refractivity contribution in [3.8, 4) is 0 Å². The van der Waals surface area contributed by atoms with Gasteiger partial charge in [0.15, 0.2) is 0 Å². The second kappa shape index (κ2) is 7.77. The summed E-state index contributed by atoms with van der Waals surface area (Å²) in [4.78, 5) is 11.9. The highest BCUT2D eigenvalue weighted by atomic mass is 16.6. The van der Waals surface area contributed by atoms with E-state index < -0.39 is 11.7 Å². The summed E-state index contributed by atoms with van der Waals surface area (Å²) >= 11 is 0. The van der Waals surface area contributed by atoms with Crippen LogP contribution in [0.4, 0.5) is 4.79 Å². The number of aromatic nitrogens is 3. The van der Waals surface area contributed by atoms with Crippen molar-refractivity contribution in [3.05, 3.63) is 11.9 Å². The predicted molar refractivity (Wildman–Crippen MR) is 89.9 cm³/mol. The number of rotatable bonds is 7. The number of aryl methyl sites for hydroxylation is 1. The first-order valence-corrected chi connectivity index (χ1v) is 8.06. The van der Waals surface area contributed by atoms with Crippen LogP contribution in [0.3, 0.4) is 0 Å². The molecule has 7 heteroatoms. The molecule has 0 saturated carbocycles. The van der Waals surface area contributed by atoms with Crippen molar-refractivity contribution in [2.45, 2.75) is 65.6 Å². The molecule has 1 aromatic rings. The summed E-state index contributed by atoms with van der Waals surface area (Å²) in [6.45, 7) is 13.1. The monoisotopic (exact) mass is 325 g/mol. The minimum Gasteiger partial charge on any atom is -0.444 e. The zero-order valence-corrected chi connectivity index (χ0v) is 15.4. The number of nitrogens with zero attached hydrogens (tertiary/aromatic N) is 3. The van der Waals surface area contributed by atoms with Crippen molar-refractivity contribution in [3.63, 3.8) is 0 Å². The molecule has 1 amide bonds. The number of nitrogens with one attached hydrogen (secondary N) is 2. The highest BCUT2D eigenvalue weighted by Crippen LogP contribution is 2.17. The highest BCUT2D eigenvalue weighted by molar-refractivity contribution is 5.67. The first-order chi connectivity index (χ1) is 10.5. The Kier molecular flexibility index (Phi) is 6.56. The Balaban J connectivity index is 2.60. The van der Waals surface area contributed by atoms with Crippen LogP contribution in [0.5, 0.6) is 0 Å². The predicted octanol–water partition coefficient (Wildman–Crippen LogP) is 2.23. The van der Waals surface area contributed by atoms with Crippen LogP contribution < -0.4 is 10.6 Å². The van der Waals surface area contributed by atoms with Crippen molar-refractivity contribution >= 4 is 6.09 Å². The number of hydrogen-bond acceptors (Lipinski definition) is 5. The molecule has 23 heavy (non-hydrogen) atoms. The van der Waals surface area contributed by atoms with E-state index in [4.69, 9.17) is 4.74 Å². The molecule has 0 bridgehead atoms. The molecule has 0 aliphatic heterocycles. The van der Waals surface area contributed by atoms with Gasteiger partial charge in [0, 0.05) is 31.9 Å². The average molecular weight is 325 g/mol. The van der Waals surface area contributed by atoms with Crippen molar-refractivity contribution in [1.82, 2.24) is 25.6 Å². The molecule has 0 spiro atoms. The zero-order chi connectivity index (χ0) is 17.7. The summed E-state index contributed by atoms with van der Waals surface area (Å²) in [6, 6.07) is 0. The maximum Gasteiger partial charge on any atom is 0.407 e. The van der Waals surface area contributed by atoms with Gasteiger partial charge in [0.05, 0.1) is 5.69 Å². The molecule has 132 valence electrons. The summed E-state index contributed by atoms with van der Waals surface area (Å²) < 4.78 is 6.98. The van der Waals surface area contributed by atoms with Gasteiger partial charge in [0.2, 0.25) is 0 Å². The number of amides is 1. The molecule has 0 radical (unpaired) electrons. The minimum absolute atomic E-state index is 0.247. The Bertz CT molecular complexity index is 507. The van der Waals surface area contributed by atoms with Crippen LogP contribution in [0.1, 0.15) is 53.7 Å². The molecule has 0 aromatic carbocycles. The maximum atomic E-state index is 11.9. The molecule has 1 unspecified atom stereocenters. The molecule has 1 aromatic heterocycles. The molecule has 1 atom stereocenters. The average Bonchev–Trinajstić information content (AvgIpc) is 2.77. The van der Waals surface area contributed by atoms with Gasteiger partial charge in [-0.1, -0.05) is 19.1 Å². The molecule has 0 aliphatic carbocycles. The van der Waals surface area contributed by atoms with Crippen LogP contribution in [-0.2, 0) is 18.3 Å². The van der Waals surface area contributed by atoms with Crippen LogP contribution in [-0.4, -0.2) is 38.8 Å². The van der Waals surface area contributed by atoms with E-state index in [-0.39, 0.29) is 5.54 Å². The van der Waals surface area contributed by atoms with Crippen LogP contribution in [0.15, 0.2) is 6.20 Å². The topological polar surface area (TPSA) is 81.1 Å². The fourth-order valence-electron chi connectivity index (χ4n) is 2.47. The molecule has 0 saturated heterocycles. The first-order valence-electron chi connectivity index (χ1n) is 8.06. The van der Waals surface area contributed by atoms with Gasteiger partial charge in [0.1, 0.15) is 5.60 Å². The second-order valence-corrected chi connectivity index (χ2v) is 7.75. The summed E-state index contributed by atoms with van der Waals surface area (Å²) in [7, 11) is 1.84. The fourth-order valence-corrected chi connectivity index (χ4v) is 2.47. The summed E-state index contributed by atoms with van der Waals surface area (Å²) in [6.07, 6.45) is 2.40. The highest BCUT2D eigenvalue weighted by Gasteiger charge is 2.27.